The molecule has 3 aromatic rings. The van der Waals surface area contributed by atoms with Gasteiger partial charge >= 0.3 is 0 Å². The first-order valence-electron chi connectivity index (χ1n) is 10.5. The van der Waals surface area contributed by atoms with Gasteiger partial charge in [-0.1, -0.05) is 12.1 Å². The molecule has 0 spiro atoms. The topological polar surface area (TPSA) is 68.7 Å². The van der Waals surface area contributed by atoms with Crippen LogP contribution in [0.25, 0.3) is 0 Å². The predicted molar refractivity (Wildman–Crippen MR) is 126 cm³/mol. The van der Waals surface area contributed by atoms with Gasteiger partial charge in [-0.25, -0.2) is 4.98 Å². The van der Waals surface area contributed by atoms with Gasteiger partial charge in [0.15, 0.2) is 0 Å². The Morgan fingerprint density at radius 3 is 2.58 bits per heavy atom. The van der Waals surface area contributed by atoms with Gasteiger partial charge < -0.3 is 15.3 Å². The Labute approximate surface area is 187 Å². The molecule has 162 valence electrons. The molecule has 31 heavy (non-hydrogen) atoms. The number of aromatic hydroxyl groups is 1. The SMILES string of the molecule is Cc1ccc(C)c(NC(=O)Cc2nc(CN3CCN(c4ccc(O)cc4)CC3)cs2)c1. The van der Waals surface area contributed by atoms with E-state index in [4.69, 9.17) is 0 Å². The standard InChI is InChI=1S/C24H28N4O2S/c1-17-3-4-18(2)22(13-17)26-23(30)14-24-25-19(16-31-24)15-27-9-11-28(12-10-27)20-5-7-21(29)8-6-20/h3-8,13,16,29H,9-12,14-15H2,1-2H3,(H,26,30). The Hall–Kier alpha value is -2.90. The zero-order valence-corrected chi connectivity index (χ0v) is 18.8. The Morgan fingerprint density at radius 1 is 1.10 bits per heavy atom. The van der Waals surface area contributed by atoms with E-state index in [1.165, 1.54) is 0 Å². The van der Waals surface area contributed by atoms with Crippen molar-refractivity contribution in [3.63, 3.8) is 0 Å². The van der Waals surface area contributed by atoms with E-state index in [9.17, 15) is 9.90 Å². The Balaban J connectivity index is 1.27. The van der Waals surface area contributed by atoms with Crippen molar-refractivity contribution in [3.05, 3.63) is 69.7 Å². The van der Waals surface area contributed by atoms with Gasteiger partial charge in [-0.2, -0.15) is 0 Å². The van der Waals surface area contributed by atoms with Crippen molar-refractivity contribution < 1.29 is 9.90 Å². The molecule has 4 rings (SSSR count). The van der Waals surface area contributed by atoms with Crippen LogP contribution in [0.5, 0.6) is 5.75 Å². The van der Waals surface area contributed by atoms with Gasteiger partial charge in [-0.05, 0) is 55.3 Å². The summed E-state index contributed by atoms with van der Waals surface area (Å²) in [6.07, 6.45) is 0.298. The molecule has 1 aromatic heterocycles. The number of nitrogens with zero attached hydrogens (tertiary/aromatic N) is 3. The zero-order valence-electron chi connectivity index (χ0n) is 18.0. The van der Waals surface area contributed by atoms with E-state index in [0.29, 0.717) is 12.2 Å². The van der Waals surface area contributed by atoms with Crippen LogP contribution in [0.2, 0.25) is 0 Å². The molecule has 0 unspecified atom stereocenters. The summed E-state index contributed by atoms with van der Waals surface area (Å²) in [6, 6.07) is 13.4. The Kier molecular flexibility index (Phi) is 6.53. The van der Waals surface area contributed by atoms with Gasteiger partial charge in [0.2, 0.25) is 5.91 Å². The average molecular weight is 437 g/mol. The largest absolute Gasteiger partial charge is 0.508 e. The second-order valence-corrected chi connectivity index (χ2v) is 9.00. The van der Waals surface area contributed by atoms with Crippen LogP contribution in [0, 0.1) is 13.8 Å². The quantitative estimate of drug-likeness (QED) is 0.612. The number of carbonyl (C=O) groups excluding carboxylic acids is 1. The molecule has 0 radical (unpaired) electrons. The van der Waals surface area contributed by atoms with Crippen LogP contribution in [0.1, 0.15) is 21.8 Å². The highest BCUT2D eigenvalue weighted by molar-refractivity contribution is 7.09. The van der Waals surface area contributed by atoms with Crippen molar-refractivity contribution in [2.45, 2.75) is 26.8 Å². The number of amides is 1. The lowest BCUT2D eigenvalue weighted by atomic mass is 10.1. The summed E-state index contributed by atoms with van der Waals surface area (Å²) in [5.41, 5.74) is 5.22. The molecule has 2 N–H and O–H groups in total. The van der Waals surface area contributed by atoms with E-state index in [1.807, 2.05) is 44.2 Å². The lowest BCUT2D eigenvalue weighted by molar-refractivity contribution is -0.115. The van der Waals surface area contributed by atoms with Crippen LogP contribution >= 0.6 is 11.3 Å². The minimum absolute atomic E-state index is 0.0305. The summed E-state index contributed by atoms with van der Waals surface area (Å²) in [7, 11) is 0. The molecule has 1 amide bonds. The summed E-state index contributed by atoms with van der Waals surface area (Å²) in [5.74, 6) is 0.265. The smallest absolute Gasteiger partial charge is 0.231 e. The second kappa shape index (κ2) is 9.49. The third kappa shape index (κ3) is 5.62. The number of aryl methyl sites for hydroxylation is 2. The molecule has 0 saturated carbocycles. The van der Waals surface area contributed by atoms with Crippen LogP contribution in [0.4, 0.5) is 11.4 Å². The molecule has 1 fully saturated rings. The number of nitrogens with one attached hydrogen (secondary N) is 1. The molecule has 1 saturated heterocycles. The lowest BCUT2D eigenvalue weighted by Gasteiger charge is -2.35. The number of benzene rings is 2. The van der Waals surface area contributed by atoms with Crippen LogP contribution < -0.4 is 10.2 Å². The number of hydrogen-bond acceptors (Lipinski definition) is 6. The van der Waals surface area contributed by atoms with E-state index < -0.39 is 0 Å². The third-order valence-corrected chi connectivity index (χ3v) is 6.45. The maximum absolute atomic E-state index is 12.5. The van der Waals surface area contributed by atoms with Crippen molar-refractivity contribution in [3.8, 4) is 5.75 Å². The van der Waals surface area contributed by atoms with Gasteiger partial charge in [-0.15, -0.1) is 11.3 Å². The number of carbonyl (C=O) groups is 1. The molecule has 0 bridgehead atoms. The molecule has 1 aliphatic heterocycles. The number of rotatable bonds is 6. The van der Waals surface area contributed by atoms with Gasteiger partial charge in [0, 0.05) is 49.5 Å². The van der Waals surface area contributed by atoms with Gasteiger partial charge in [-0.3, -0.25) is 9.69 Å². The molecular formula is C24H28N4O2S. The predicted octanol–water partition coefficient (Wildman–Crippen LogP) is 3.97. The number of piperazine rings is 1. The summed E-state index contributed by atoms with van der Waals surface area (Å²) < 4.78 is 0. The minimum atomic E-state index is -0.0305. The maximum Gasteiger partial charge on any atom is 0.231 e. The van der Waals surface area contributed by atoms with Crippen LogP contribution in [-0.4, -0.2) is 47.1 Å². The van der Waals surface area contributed by atoms with Crippen LogP contribution in [-0.2, 0) is 17.8 Å². The molecule has 2 heterocycles. The number of aromatic nitrogens is 1. The van der Waals surface area contributed by atoms with E-state index in [-0.39, 0.29) is 5.91 Å². The van der Waals surface area contributed by atoms with Crippen LogP contribution in [0.3, 0.4) is 0 Å². The van der Waals surface area contributed by atoms with Crippen molar-refractivity contribution >= 4 is 28.6 Å². The first-order valence-corrected chi connectivity index (χ1v) is 11.4. The fraction of sp³-hybridized carbons (Fsp3) is 0.333. The number of phenolic OH excluding ortho intramolecular Hbond substituents is 1. The first kappa shape index (κ1) is 21.3. The van der Waals surface area contributed by atoms with Crippen molar-refractivity contribution in [1.82, 2.24) is 9.88 Å². The highest BCUT2D eigenvalue weighted by Crippen LogP contribution is 2.21. The zero-order chi connectivity index (χ0) is 21.8. The summed E-state index contributed by atoms with van der Waals surface area (Å²) in [5, 5.41) is 15.4. The highest BCUT2D eigenvalue weighted by atomic mass is 32.1. The molecule has 6 nitrogen and oxygen atoms in total. The highest BCUT2D eigenvalue weighted by Gasteiger charge is 2.18. The van der Waals surface area contributed by atoms with Gasteiger partial charge in [0.05, 0.1) is 12.1 Å². The van der Waals surface area contributed by atoms with E-state index in [2.05, 4.69) is 25.5 Å². The number of phenols is 1. The summed E-state index contributed by atoms with van der Waals surface area (Å²) in [4.78, 5) is 21.9. The van der Waals surface area contributed by atoms with Crippen molar-refractivity contribution in [2.24, 2.45) is 0 Å². The normalized spacial score (nSPS) is 14.6. The fourth-order valence-corrected chi connectivity index (χ4v) is 4.55. The van der Waals surface area contributed by atoms with E-state index in [1.54, 1.807) is 23.5 Å². The maximum atomic E-state index is 12.5. The molecule has 2 aromatic carbocycles. The van der Waals surface area contributed by atoms with E-state index in [0.717, 1.165) is 65.9 Å². The molecule has 0 atom stereocenters. The van der Waals surface area contributed by atoms with Crippen molar-refractivity contribution in [1.29, 1.82) is 0 Å². The molecule has 1 aliphatic rings. The monoisotopic (exact) mass is 436 g/mol. The molecule has 7 heteroatoms. The number of thiazole rings is 1. The van der Waals surface area contributed by atoms with Gasteiger partial charge in [0.25, 0.3) is 0 Å². The van der Waals surface area contributed by atoms with Crippen molar-refractivity contribution in [2.75, 3.05) is 36.4 Å². The number of anilines is 2. The second-order valence-electron chi connectivity index (χ2n) is 8.06. The third-order valence-electron chi connectivity index (χ3n) is 5.55. The molecule has 0 aliphatic carbocycles. The fourth-order valence-electron chi connectivity index (χ4n) is 3.76. The average Bonchev–Trinajstić information content (AvgIpc) is 3.18. The van der Waals surface area contributed by atoms with E-state index >= 15 is 0 Å². The van der Waals surface area contributed by atoms with Crippen LogP contribution in [0.15, 0.2) is 47.8 Å². The Bertz CT molecular complexity index is 1040. The molecular weight excluding hydrogens is 408 g/mol. The minimum Gasteiger partial charge on any atom is -0.508 e. The summed E-state index contributed by atoms with van der Waals surface area (Å²) in [6.45, 7) is 8.63. The Morgan fingerprint density at radius 2 is 1.84 bits per heavy atom. The number of hydrogen-bond donors (Lipinski definition) is 2. The lowest BCUT2D eigenvalue weighted by Crippen LogP contribution is -2.46. The first-order chi connectivity index (χ1) is 15.0. The van der Waals surface area contributed by atoms with Gasteiger partial charge in [0.1, 0.15) is 10.8 Å². The summed E-state index contributed by atoms with van der Waals surface area (Å²) >= 11 is 1.55.